The number of thiophene rings is 1. The molecule has 2 aromatic carbocycles. The van der Waals surface area contributed by atoms with E-state index in [-0.39, 0.29) is 5.78 Å². The number of hydrogen-bond acceptors (Lipinski definition) is 4. The van der Waals surface area contributed by atoms with E-state index in [1.807, 2.05) is 37.4 Å². The van der Waals surface area contributed by atoms with Gasteiger partial charge in [0.05, 0.1) is 15.6 Å². The van der Waals surface area contributed by atoms with Crippen LogP contribution in [0.1, 0.15) is 31.9 Å². The zero-order valence-electron chi connectivity index (χ0n) is 15.2. The number of carbonyl (C=O) groups excluding carboxylic acids is 1. The van der Waals surface area contributed by atoms with Crippen molar-refractivity contribution in [3.05, 3.63) is 84.7 Å². The molecule has 0 radical (unpaired) electrons. The number of aryl methyl sites for hydroxylation is 2. The van der Waals surface area contributed by atoms with Gasteiger partial charge in [-0.2, -0.15) is 0 Å². The molecular formula is C22H16Cl2O3S. The SMILES string of the molecule is Cc1ccsc1/C=C1\Oc2cc(OCc3ccc(Cl)c(Cl)c3)cc(C)c2C1=O. The van der Waals surface area contributed by atoms with Gasteiger partial charge in [-0.25, -0.2) is 0 Å². The molecular weight excluding hydrogens is 415 g/mol. The van der Waals surface area contributed by atoms with Crippen LogP contribution >= 0.6 is 34.5 Å². The largest absolute Gasteiger partial charge is 0.489 e. The predicted octanol–water partition coefficient (Wildman–Crippen LogP) is 6.87. The van der Waals surface area contributed by atoms with Crippen LogP contribution in [0.4, 0.5) is 0 Å². The molecule has 28 heavy (non-hydrogen) atoms. The third-order valence-electron chi connectivity index (χ3n) is 4.50. The summed E-state index contributed by atoms with van der Waals surface area (Å²) in [6.45, 7) is 4.22. The number of benzene rings is 2. The van der Waals surface area contributed by atoms with Crippen LogP contribution in [0, 0.1) is 13.8 Å². The van der Waals surface area contributed by atoms with Gasteiger partial charge in [0.2, 0.25) is 5.78 Å². The Morgan fingerprint density at radius 3 is 2.61 bits per heavy atom. The molecule has 3 nitrogen and oxygen atoms in total. The number of ether oxygens (including phenoxy) is 2. The summed E-state index contributed by atoms with van der Waals surface area (Å²) in [5.74, 6) is 1.39. The number of allylic oxidation sites excluding steroid dienone is 1. The summed E-state index contributed by atoms with van der Waals surface area (Å²) >= 11 is 13.6. The molecule has 0 spiro atoms. The van der Waals surface area contributed by atoms with Gasteiger partial charge >= 0.3 is 0 Å². The molecule has 0 unspecified atom stereocenters. The van der Waals surface area contributed by atoms with Gasteiger partial charge in [-0.3, -0.25) is 4.79 Å². The smallest absolute Gasteiger partial charge is 0.232 e. The molecule has 0 atom stereocenters. The van der Waals surface area contributed by atoms with E-state index in [2.05, 4.69) is 0 Å². The van der Waals surface area contributed by atoms with Crippen LogP contribution in [0.5, 0.6) is 11.5 Å². The fourth-order valence-electron chi connectivity index (χ4n) is 3.01. The van der Waals surface area contributed by atoms with E-state index in [0.717, 1.165) is 21.6 Å². The van der Waals surface area contributed by atoms with Crippen LogP contribution < -0.4 is 9.47 Å². The maximum Gasteiger partial charge on any atom is 0.232 e. The molecule has 0 amide bonds. The number of Topliss-reactive ketones (excluding diaryl/α,β-unsaturated/α-hetero) is 1. The Bertz CT molecular complexity index is 1110. The Morgan fingerprint density at radius 1 is 1.07 bits per heavy atom. The molecule has 1 aliphatic heterocycles. The molecule has 3 aromatic rings. The van der Waals surface area contributed by atoms with Gasteiger partial charge in [-0.15, -0.1) is 11.3 Å². The molecule has 0 saturated heterocycles. The molecule has 142 valence electrons. The van der Waals surface area contributed by atoms with Crippen molar-refractivity contribution >= 4 is 46.4 Å². The number of hydrogen-bond donors (Lipinski definition) is 0. The molecule has 2 heterocycles. The Hall–Kier alpha value is -2.27. The highest BCUT2D eigenvalue weighted by molar-refractivity contribution is 7.11. The van der Waals surface area contributed by atoms with Crippen molar-refractivity contribution in [2.75, 3.05) is 0 Å². The molecule has 6 heteroatoms. The standard InChI is InChI=1S/C22H16Cl2O3S/c1-12-5-6-28-20(12)10-19-22(25)21-13(2)7-15(9-18(21)27-19)26-11-14-3-4-16(23)17(24)8-14/h3-10H,11H2,1-2H3/b19-10-. The molecule has 0 saturated carbocycles. The molecule has 0 bridgehead atoms. The Kier molecular flexibility index (Phi) is 5.19. The third-order valence-corrected chi connectivity index (χ3v) is 6.20. The maximum atomic E-state index is 12.8. The van der Waals surface area contributed by atoms with Crippen molar-refractivity contribution in [3.8, 4) is 11.5 Å². The zero-order valence-corrected chi connectivity index (χ0v) is 17.5. The van der Waals surface area contributed by atoms with Crippen molar-refractivity contribution in [1.82, 2.24) is 0 Å². The van der Waals surface area contributed by atoms with Crippen LogP contribution in [-0.4, -0.2) is 5.78 Å². The monoisotopic (exact) mass is 430 g/mol. The minimum atomic E-state index is -0.101. The first-order chi connectivity index (χ1) is 13.4. The summed E-state index contributed by atoms with van der Waals surface area (Å²) in [6, 6.07) is 11.0. The average Bonchev–Trinajstić information content (AvgIpc) is 3.20. The second kappa shape index (κ2) is 7.63. The predicted molar refractivity (Wildman–Crippen MR) is 114 cm³/mol. The summed E-state index contributed by atoms with van der Waals surface area (Å²) in [5.41, 5.74) is 3.42. The van der Waals surface area contributed by atoms with Crippen molar-refractivity contribution < 1.29 is 14.3 Å². The van der Waals surface area contributed by atoms with E-state index >= 15 is 0 Å². The summed E-state index contributed by atoms with van der Waals surface area (Å²) in [6.07, 6.45) is 1.80. The van der Waals surface area contributed by atoms with Crippen molar-refractivity contribution in [3.63, 3.8) is 0 Å². The van der Waals surface area contributed by atoms with Gasteiger partial charge in [0.25, 0.3) is 0 Å². The highest BCUT2D eigenvalue weighted by Crippen LogP contribution is 2.38. The lowest BCUT2D eigenvalue weighted by Crippen LogP contribution is -2.00. The highest BCUT2D eigenvalue weighted by atomic mass is 35.5. The summed E-state index contributed by atoms with van der Waals surface area (Å²) in [5, 5.41) is 2.99. The van der Waals surface area contributed by atoms with Crippen molar-refractivity contribution in [2.45, 2.75) is 20.5 Å². The molecule has 0 aliphatic carbocycles. The lowest BCUT2D eigenvalue weighted by Gasteiger charge is -2.10. The summed E-state index contributed by atoms with van der Waals surface area (Å²) < 4.78 is 11.7. The summed E-state index contributed by atoms with van der Waals surface area (Å²) in [4.78, 5) is 13.8. The van der Waals surface area contributed by atoms with Crippen LogP contribution in [-0.2, 0) is 6.61 Å². The van der Waals surface area contributed by atoms with Crippen LogP contribution in [0.3, 0.4) is 0 Å². The quantitative estimate of drug-likeness (QED) is 0.423. The van der Waals surface area contributed by atoms with E-state index < -0.39 is 0 Å². The van der Waals surface area contributed by atoms with Gasteiger partial charge in [-0.05, 0) is 60.2 Å². The molecule has 0 N–H and O–H groups in total. The van der Waals surface area contributed by atoms with E-state index in [1.54, 1.807) is 35.6 Å². The molecule has 1 aliphatic rings. The van der Waals surface area contributed by atoms with Crippen LogP contribution in [0.15, 0.2) is 47.5 Å². The van der Waals surface area contributed by atoms with Crippen molar-refractivity contribution in [1.29, 1.82) is 0 Å². The lowest BCUT2D eigenvalue weighted by atomic mass is 10.0. The third kappa shape index (κ3) is 3.68. The van der Waals surface area contributed by atoms with E-state index in [0.29, 0.717) is 39.5 Å². The van der Waals surface area contributed by atoms with E-state index in [4.69, 9.17) is 32.7 Å². The van der Waals surface area contributed by atoms with Gasteiger partial charge in [0, 0.05) is 17.0 Å². The molecule has 0 fully saturated rings. The lowest BCUT2D eigenvalue weighted by molar-refractivity contribution is 0.101. The first-order valence-electron chi connectivity index (χ1n) is 8.62. The average molecular weight is 431 g/mol. The number of carbonyl (C=O) groups is 1. The number of halogens is 2. The maximum absolute atomic E-state index is 12.8. The normalized spacial score (nSPS) is 14.3. The first kappa shape index (κ1) is 19.1. The Labute approximate surface area is 177 Å². The first-order valence-corrected chi connectivity index (χ1v) is 10.3. The number of rotatable bonds is 4. The second-order valence-electron chi connectivity index (χ2n) is 6.56. The van der Waals surface area contributed by atoms with E-state index in [9.17, 15) is 4.79 Å². The fraction of sp³-hybridized carbons (Fsp3) is 0.136. The fourth-order valence-corrected chi connectivity index (χ4v) is 4.18. The number of fused-ring (bicyclic) bond motifs is 1. The second-order valence-corrected chi connectivity index (χ2v) is 8.32. The minimum Gasteiger partial charge on any atom is -0.489 e. The van der Waals surface area contributed by atoms with Gasteiger partial charge < -0.3 is 9.47 Å². The van der Waals surface area contributed by atoms with Gasteiger partial charge in [0.1, 0.15) is 18.1 Å². The van der Waals surface area contributed by atoms with E-state index in [1.165, 1.54) is 0 Å². The Morgan fingerprint density at radius 2 is 1.89 bits per heavy atom. The minimum absolute atomic E-state index is 0.101. The van der Waals surface area contributed by atoms with Crippen molar-refractivity contribution in [2.24, 2.45) is 0 Å². The highest BCUT2D eigenvalue weighted by Gasteiger charge is 2.30. The zero-order chi connectivity index (χ0) is 19.8. The van der Waals surface area contributed by atoms with Crippen LogP contribution in [0.2, 0.25) is 10.0 Å². The van der Waals surface area contributed by atoms with Gasteiger partial charge in [-0.1, -0.05) is 29.3 Å². The molecule has 1 aromatic heterocycles. The Balaban J connectivity index is 1.57. The molecule has 4 rings (SSSR count). The number of ketones is 1. The summed E-state index contributed by atoms with van der Waals surface area (Å²) in [7, 11) is 0. The van der Waals surface area contributed by atoms with Gasteiger partial charge in [0.15, 0.2) is 5.76 Å². The van der Waals surface area contributed by atoms with Crippen LogP contribution in [0.25, 0.3) is 6.08 Å². The topological polar surface area (TPSA) is 35.5 Å².